The van der Waals surface area contributed by atoms with Crippen molar-refractivity contribution >= 4 is 46.6 Å². The fourth-order valence-electron chi connectivity index (χ4n) is 2.74. The molecular formula is C19H17N3O6S. The smallest absolute Gasteiger partial charge is 0.317 e. The Labute approximate surface area is 170 Å². The molecule has 0 radical (unpaired) electrons. The first-order valence-electron chi connectivity index (χ1n) is 8.62. The first-order valence-corrected chi connectivity index (χ1v) is 9.60. The number of carbonyl (C=O) groups excluding carboxylic acids is 3. The van der Waals surface area contributed by atoms with E-state index in [0.29, 0.717) is 16.3 Å². The molecule has 2 aromatic carbocycles. The van der Waals surface area contributed by atoms with Crippen molar-refractivity contribution in [3.05, 3.63) is 58.6 Å². The highest BCUT2D eigenvalue weighted by atomic mass is 32.2. The molecule has 1 atom stereocenters. The van der Waals surface area contributed by atoms with E-state index in [0.717, 1.165) is 11.8 Å². The molecule has 10 heteroatoms. The summed E-state index contributed by atoms with van der Waals surface area (Å²) >= 11 is 1.14. The minimum absolute atomic E-state index is 0.0398. The van der Waals surface area contributed by atoms with Crippen LogP contribution in [0.25, 0.3) is 0 Å². The number of rotatable bonds is 6. The lowest BCUT2D eigenvalue weighted by Crippen LogP contribution is -2.47. The first-order chi connectivity index (χ1) is 13.8. The number of amides is 2. The van der Waals surface area contributed by atoms with Crippen molar-refractivity contribution in [3.63, 3.8) is 0 Å². The molecule has 0 aliphatic carbocycles. The zero-order chi connectivity index (χ0) is 21.0. The topological polar surface area (TPSA) is 119 Å². The Balaban J connectivity index is 1.57. The van der Waals surface area contributed by atoms with E-state index in [1.807, 2.05) is 0 Å². The predicted octanol–water partition coefficient (Wildman–Crippen LogP) is 2.60. The van der Waals surface area contributed by atoms with E-state index < -0.39 is 22.9 Å². The van der Waals surface area contributed by atoms with Crippen LogP contribution in [0, 0.1) is 10.1 Å². The van der Waals surface area contributed by atoms with Gasteiger partial charge in [-0.3, -0.25) is 29.4 Å². The SMILES string of the molecule is C[C@H](OC(=O)CSc1ccc([N+](=O)[O-])cc1)C(=O)N1CC(=O)Nc2ccccc21. The maximum atomic E-state index is 12.7. The largest absolute Gasteiger partial charge is 0.452 e. The average molecular weight is 415 g/mol. The van der Waals surface area contributed by atoms with E-state index in [1.165, 1.54) is 36.1 Å². The molecule has 2 aromatic rings. The zero-order valence-corrected chi connectivity index (χ0v) is 16.2. The number of hydrogen-bond donors (Lipinski definition) is 1. The maximum absolute atomic E-state index is 12.7. The van der Waals surface area contributed by atoms with Crippen molar-refractivity contribution < 1.29 is 24.0 Å². The number of nitrogens with zero attached hydrogens (tertiary/aromatic N) is 2. The molecule has 0 unspecified atom stereocenters. The van der Waals surface area contributed by atoms with Gasteiger partial charge in [0.05, 0.1) is 22.1 Å². The third kappa shape index (κ3) is 4.91. The number of thioether (sulfide) groups is 1. The van der Waals surface area contributed by atoms with Gasteiger partial charge in [0.15, 0.2) is 6.10 Å². The molecule has 1 heterocycles. The van der Waals surface area contributed by atoms with Gasteiger partial charge < -0.3 is 10.1 Å². The fraction of sp³-hybridized carbons (Fsp3) is 0.211. The standard InChI is InChI=1S/C19H17N3O6S/c1-12(19(25)21-10-17(23)20-15-4-2-3-5-16(15)21)28-18(24)11-29-14-8-6-13(7-9-14)22(26)27/h2-9,12H,10-11H2,1H3,(H,20,23)/t12-/m0/s1. The number of non-ortho nitro benzene ring substituents is 1. The van der Waals surface area contributed by atoms with Crippen LogP contribution in [0.5, 0.6) is 0 Å². The van der Waals surface area contributed by atoms with E-state index in [9.17, 15) is 24.5 Å². The highest BCUT2D eigenvalue weighted by Crippen LogP contribution is 2.29. The van der Waals surface area contributed by atoms with Crippen molar-refractivity contribution in [2.75, 3.05) is 22.5 Å². The number of carbonyl (C=O) groups is 3. The van der Waals surface area contributed by atoms with E-state index in [-0.39, 0.29) is 23.9 Å². The van der Waals surface area contributed by atoms with E-state index >= 15 is 0 Å². The van der Waals surface area contributed by atoms with Crippen LogP contribution >= 0.6 is 11.8 Å². The molecule has 9 nitrogen and oxygen atoms in total. The number of ether oxygens (including phenoxy) is 1. The number of para-hydroxylation sites is 2. The van der Waals surface area contributed by atoms with Gasteiger partial charge in [-0.05, 0) is 31.2 Å². The van der Waals surface area contributed by atoms with Crippen molar-refractivity contribution in [1.29, 1.82) is 0 Å². The lowest BCUT2D eigenvalue weighted by atomic mass is 10.1. The van der Waals surface area contributed by atoms with Gasteiger partial charge in [0.25, 0.3) is 11.6 Å². The summed E-state index contributed by atoms with van der Waals surface area (Å²) in [6, 6.07) is 12.6. The van der Waals surface area contributed by atoms with Gasteiger partial charge in [0.2, 0.25) is 5.91 Å². The Kier molecular flexibility index (Phi) is 6.13. The Morgan fingerprint density at radius 3 is 2.62 bits per heavy atom. The molecule has 1 aliphatic heterocycles. The van der Waals surface area contributed by atoms with Crippen LogP contribution in [-0.2, 0) is 19.1 Å². The van der Waals surface area contributed by atoms with E-state index in [2.05, 4.69) is 5.32 Å². The molecule has 29 heavy (non-hydrogen) atoms. The van der Waals surface area contributed by atoms with Crippen LogP contribution in [0.4, 0.5) is 17.1 Å². The lowest BCUT2D eigenvalue weighted by molar-refractivity contribution is -0.384. The van der Waals surface area contributed by atoms with Gasteiger partial charge >= 0.3 is 5.97 Å². The minimum atomic E-state index is -1.07. The molecule has 150 valence electrons. The van der Waals surface area contributed by atoms with E-state index in [4.69, 9.17) is 4.74 Å². The third-order valence-electron chi connectivity index (χ3n) is 4.10. The van der Waals surface area contributed by atoms with Crippen molar-refractivity contribution in [1.82, 2.24) is 0 Å². The molecule has 0 spiro atoms. The van der Waals surface area contributed by atoms with Crippen LogP contribution in [0.1, 0.15) is 6.92 Å². The summed E-state index contributed by atoms with van der Waals surface area (Å²) in [5.74, 6) is -1.50. The number of esters is 1. The summed E-state index contributed by atoms with van der Waals surface area (Å²) in [5, 5.41) is 13.3. The molecule has 0 bridgehead atoms. The molecule has 0 saturated carbocycles. The molecule has 1 aliphatic rings. The Morgan fingerprint density at radius 2 is 1.93 bits per heavy atom. The first kappa shape index (κ1) is 20.3. The lowest BCUT2D eigenvalue weighted by Gasteiger charge is -2.30. The van der Waals surface area contributed by atoms with Gasteiger partial charge in [-0.25, -0.2) is 0 Å². The van der Waals surface area contributed by atoms with Gasteiger partial charge in [-0.15, -0.1) is 11.8 Å². The summed E-state index contributed by atoms with van der Waals surface area (Å²) in [6.07, 6.45) is -1.07. The molecule has 1 N–H and O–H groups in total. The summed E-state index contributed by atoms with van der Waals surface area (Å²) in [7, 11) is 0. The third-order valence-corrected chi connectivity index (χ3v) is 5.08. The second kappa shape index (κ2) is 8.74. The molecule has 0 fully saturated rings. The van der Waals surface area contributed by atoms with Crippen molar-refractivity contribution in [2.24, 2.45) is 0 Å². The summed E-state index contributed by atoms with van der Waals surface area (Å²) in [6.45, 7) is 1.29. The van der Waals surface area contributed by atoms with Crippen molar-refractivity contribution in [2.45, 2.75) is 17.9 Å². The molecule has 0 aromatic heterocycles. The number of nitro benzene ring substituents is 1. The Hall–Kier alpha value is -3.40. The summed E-state index contributed by atoms with van der Waals surface area (Å²) in [4.78, 5) is 48.8. The number of anilines is 2. The molecule has 2 amide bonds. The van der Waals surface area contributed by atoms with Gasteiger partial charge in [-0.1, -0.05) is 12.1 Å². The monoisotopic (exact) mass is 415 g/mol. The maximum Gasteiger partial charge on any atom is 0.317 e. The molecule has 0 saturated heterocycles. The molecule has 3 rings (SSSR count). The number of nitrogens with one attached hydrogen (secondary N) is 1. The number of nitro groups is 1. The van der Waals surface area contributed by atoms with Gasteiger partial charge in [0.1, 0.15) is 6.54 Å². The van der Waals surface area contributed by atoms with Crippen molar-refractivity contribution in [3.8, 4) is 0 Å². The number of benzene rings is 2. The second-order valence-electron chi connectivity index (χ2n) is 6.16. The normalized spacial score (nSPS) is 13.8. The van der Waals surface area contributed by atoms with Crippen LogP contribution in [0.2, 0.25) is 0 Å². The van der Waals surface area contributed by atoms with Crippen LogP contribution < -0.4 is 10.2 Å². The van der Waals surface area contributed by atoms with Crippen LogP contribution in [0.15, 0.2) is 53.4 Å². The zero-order valence-electron chi connectivity index (χ0n) is 15.4. The summed E-state index contributed by atoms with van der Waals surface area (Å²) < 4.78 is 5.21. The summed E-state index contributed by atoms with van der Waals surface area (Å²) in [5.41, 5.74) is 1.02. The van der Waals surface area contributed by atoms with Gasteiger partial charge in [-0.2, -0.15) is 0 Å². The number of hydrogen-bond acceptors (Lipinski definition) is 7. The highest BCUT2D eigenvalue weighted by Gasteiger charge is 2.31. The Morgan fingerprint density at radius 1 is 1.24 bits per heavy atom. The fourth-order valence-corrected chi connectivity index (χ4v) is 3.42. The van der Waals surface area contributed by atoms with E-state index in [1.54, 1.807) is 24.3 Å². The molecular weight excluding hydrogens is 398 g/mol. The predicted molar refractivity (Wildman–Crippen MR) is 107 cm³/mol. The second-order valence-corrected chi connectivity index (χ2v) is 7.21. The number of fused-ring (bicyclic) bond motifs is 1. The van der Waals surface area contributed by atoms with Crippen LogP contribution in [-0.4, -0.2) is 41.1 Å². The van der Waals surface area contributed by atoms with Crippen LogP contribution in [0.3, 0.4) is 0 Å². The van der Waals surface area contributed by atoms with Gasteiger partial charge in [0, 0.05) is 17.0 Å². The quantitative estimate of drug-likeness (QED) is 0.333. The minimum Gasteiger partial charge on any atom is -0.452 e. The highest BCUT2D eigenvalue weighted by molar-refractivity contribution is 8.00. The average Bonchev–Trinajstić information content (AvgIpc) is 2.71. The Bertz CT molecular complexity index is 963.